The Bertz CT molecular complexity index is 263. The normalized spacial score (nSPS) is 12.9. The Labute approximate surface area is 83.4 Å². The smallest absolute Gasteiger partial charge is 0.122 e. The van der Waals surface area contributed by atoms with E-state index in [1.54, 1.807) is 0 Å². The maximum atomic E-state index is 10.1. The number of thiophene rings is 1. The second-order valence-electron chi connectivity index (χ2n) is 2.47. The summed E-state index contributed by atoms with van der Waals surface area (Å²) in [5.41, 5.74) is 0. The third kappa shape index (κ3) is 2.15. The molecule has 4 heteroatoms. The number of aryl methyl sites for hydroxylation is 1. The van der Waals surface area contributed by atoms with Crippen molar-refractivity contribution in [3.63, 3.8) is 0 Å². The lowest BCUT2D eigenvalue weighted by Crippen LogP contribution is -1.93. The predicted octanol–water partition coefficient (Wildman–Crippen LogP) is 2.44. The van der Waals surface area contributed by atoms with Crippen LogP contribution in [0.1, 0.15) is 22.3 Å². The summed E-state index contributed by atoms with van der Waals surface area (Å²) in [4.78, 5) is 12.1. The Morgan fingerprint density at radius 1 is 1.83 bits per heavy atom. The van der Waals surface area contributed by atoms with Crippen LogP contribution in [0, 0.1) is 6.92 Å². The molecule has 1 N–H and O–H groups in total. The number of carbonyl (C=O) groups excluding carboxylic acids is 1. The van der Waals surface area contributed by atoms with Gasteiger partial charge in [0.05, 0.1) is 6.10 Å². The van der Waals surface area contributed by atoms with Crippen molar-refractivity contribution >= 4 is 33.6 Å². The third-order valence-electron chi connectivity index (χ3n) is 1.52. The van der Waals surface area contributed by atoms with E-state index < -0.39 is 6.10 Å². The van der Waals surface area contributed by atoms with Crippen molar-refractivity contribution in [1.29, 1.82) is 0 Å². The molecule has 0 radical (unpaired) electrons. The van der Waals surface area contributed by atoms with Crippen LogP contribution in [-0.2, 0) is 4.79 Å². The van der Waals surface area contributed by atoms with Crippen LogP contribution in [-0.4, -0.2) is 11.4 Å². The molecule has 1 atom stereocenters. The van der Waals surface area contributed by atoms with E-state index in [0.29, 0.717) is 0 Å². The van der Waals surface area contributed by atoms with Crippen LogP contribution in [0.5, 0.6) is 0 Å². The Hall–Kier alpha value is -0.190. The largest absolute Gasteiger partial charge is 0.387 e. The molecule has 0 fully saturated rings. The highest BCUT2D eigenvalue weighted by atomic mass is 79.9. The topological polar surface area (TPSA) is 37.3 Å². The fraction of sp³-hybridized carbons (Fsp3) is 0.375. The van der Waals surface area contributed by atoms with Gasteiger partial charge in [0.1, 0.15) is 6.29 Å². The van der Waals surface area contributed by atoms with E-state index in [-0.39, 0.29) is 6.42 Å². The van der Waals surface area contributed by atoms with Gasteiger partial charge in [-0.15, -0.1) is 11.3 Å². The molecule has 0 spiro atoms. The summed E-state index contributed by atoms with van der Waals surface area (Å²) in [5.74, 6) is 0. The zero-order chi connectivity index (χ0) is 9.14. The van der Waals surface area contributed by atoms with Crippen LogP contribution in [0.15, 0.2) is 10.5 Å². The van der Waals surface area contributed by atoms with Crippen molar-refractivity contribution < 1.29 is 9.90 Å². The number of aliphatic hydroxyl groups is 1. The van der Waals surface area contributed by atoms with Gasteiger partial charge in [-0.3, -0.25) is 0 Å². The van der Waals surface area contributed by atoms with Crippen LogP contribution in [0.2, 0.25) is 0 Å². The van der Waals surface area contributed by atoms with E-state index in [2.05, 4.69) is 15.9 Å². The van der Waals surface area contributed by atoms with Gasteiger partial charge < -0.3 is 9.90 Å². The van der Waals surface area contributed by atoms with Crippen LogP contribution in [0.3, 0.4) is 0 Å². The highest BCUT2D eigenvalue weighted by Gasteiger charge is 2.11. The second kappa shape index (κ2) is 4.16. The minimum absolute atomic E-state index is 0.173. The molecule has 0 saturated heterocycles. The molecule has 0 saturated carbocycles. The van der Waals surface area contributed by atoms with Gasteiger partial charge in [0, 0.05) is 20.6 Å². The predicted molar refractivity (Wildman–Crippen MR) is 52.4 cm³/mol. The second-order valence-corrected chi connectivity index (χ2v) is 4.61. The van der Waals surface area contributed by atoms with Crippen LogP contribution >= 0.6 is 27.3 Å². The Kier molecular flexibility index (Phi) is 3.43. The fourth-order valence-electron chi connectivity index (χ4n) is 0.853. The van der Waals surface area contributed by atoms with Crippen molar-refractivity contribution in [3.05, 3.63) is 20.3 Å². The summed E-state index contributed by atoms with van der Waals surface area (Å²) in [7, 11) is 0. The number of aliphatic hydroxyl groups excluding tert-OH is 1. The average Bonchev–Trinajstić information content (AvgIpc) is 2.33. The summed E-state index contributed by atoms with van der Waals surface area (Å²) in [6, 6.07) is 1.86. The quantitative estimate of drug-likeness (QED) is 0.835. The van der Waals surface area contributed by atoms with E-state index in [1.807, 2.05) is 13.0 Å². The number of hydrogen-bond acceptors (Lipinski definition) is 3. The molecular weight excluding hydrogens is 240 g/mol. The maximum Gasteiger partial charge on any atom is 0.122 e. The lowest BCUT2D eigenvalue weighted by Gasteiger charge is -2.01. The molecule has 2 nitrogen and oxygen atoms in total. The van der Waals surface area contributed by atoms with Crippen molar-refractivity contribution in [1.82, 2.24) is 0 Å². The summed E-state index contributed by atoms with van der Waals surface area (Å²) < 4.78 is 0.993. The molecule has 66 valence electrons. The molecule has 0 aliphatic rings. The first-order chi connectivity index (χ1) is 5.65. The SMILES string of the molecule is Cc1sc(C(O)CC=O)cc1Br. The first kappa shape index (κ1) is 9.89. The van der Waals surface area contributed by atoms with Crippen molar-refractivity contribution in [3.8, 4) is 0 Å². The van der Waals surface area contributed by atoms with Crippen molar-refractivity contribution in [2.24, 2.45) is 0 Å². The van der Waals surface area contributed by atoms with Crippen LogP contribution in [0.4, 0.5) is 0 Å². The average molecular weight is 249 g/mol. The standard InChI is InChI=1S/C8H9BrO2S/c1-5-6(9)4-8(12-5)7(11)2-3-10/h3-4,7,11H,2H2,1H3. The Balaban J connectivity index is 2.80. The van der Waals surface area contributed by atoms with E-state index >= 15 is 0 Å². The molecule has 1 rings (SSSR count). The number of aldehydes is 1. The van der Waals surface area contributed by atoms with Crippen LogP contribution in [0.25, 0.3) is 0 Å². The molecule has 1 heterocycles. The van der Waals surface area contributed by atoms with Gasteiger partial charge in [0.2, 0.25) is 0 Å². The van der Waals surface area contributed by atoms with Crippen molar-refractivity contribution in [2.75, 3.05) is 0 Å². The summed E-state index contributed by atoms with van der Waals surface area (Å²) in [5, 5.41) is 9.42. The van der Waals surface area contributed by atoms with Gasteiger partial charge in [-0.1, -0.05) is 0 Å². The lowest BCUT2D eigenvalue weighted by atomic mass is 10.2. The molecular formula is C8H9BrO2S. The summed E-state index contributed by atoms with van der Waals surface area (Å²) in [6.07, 6.45) is 0.262. The third-order valence-corrected chi connectivity index (χ3v) is 3.76. The molecule has 0 amide bonds. The first-order valence-corrected chi connectivity index (χ1v) is 5.13. The molecule has 0 aliphatic heterocycles. The minimum atomic E-state index is -0.641. The lowest BCUT2D eigenvalue weighted by molar-refractivity contribution is -0.109. The van der Waals surface area contributed by atoms with E-state index in [9.17, 15) is 9.90 Å². The minimum Gasteiger partial charge on any atom is -0.387 e. The molecule has 0 aromatic carbocycles. The number of hydrogen-bond donors (Lipinski definition) is 1. The van der Waals surface area contributed by atoms with Gasteiger partial charge in [-0.05, 0) is 28.9 Å². The van der Waals surface area contributed by atoms with E-state index in [1.165, 1.54) is 11.3 Å². The summed E-state index contributed by atoms with van der Waals surface area (Å²) in [6.45, 7) is 1.96. The van der Waals surface area contributed by atoms with E-state index in [0.717, 1.165) is 20.5 Å². The molecule has 0 bridgehead atoms. The van der Waals surface area contributed by atoms with Gasteiger partial charge in [0.15, 0.2) is 0 Å². The van der Waals surface area contributed by atoms with Gasteiger partial charge in [-0.25, -0.2) is 0 Å². The zero-order valence-electron chi connectivity index (χ0n) is 6.58. The van der Waals surface area contributed by atoms with Gasteiger partial charge in [0.25, 0.3) is 0 Å². The highest BCUT2D eigenvalue weighted by molar-refractivity contribution is 9.10. The number of halogens is 1. The molecule has 1 unspecified atom stereocenters. The first-order valence-electron chi connectivity index (χ1n) is 3.52. The molecule has 12 heavy (non-hydrogen) atoms. The number of carbonyl (C=O) groups is 1. The van der Waals surface area contributed by atoms with E-state index in [4.69, 9.17) is 0 Å². The molecule has 0 aliphatic carbocycles. The summed E-state index contributed by atoms with van der Waals surface area (Å²) >= 11 is 4.85. The van der Waals surface area contributed by atoms with Crippen LogP contribution < -0.4 is 0 Å². The van der Waals surface area contributed by atoms with Gasteiger partial charge in [-0.2, -0.15) is 0 Å². The van der Waals surface area contributed by atoms with Gasteiger partial charge >= 0.3 is 0 Å². The van der Waals surface area contributed by atoms with Crippen molar-refractivity contribution in [2.45, 2.75) is 19.4 Å². The monoisotopic (exact) mass is 248 g/mol. The maximum absolute atomic E-state index is 10.1. The number of rotatable bonds is 3. The molecule has 1 aromatic heterocycles. The Morgan fingerprint density at radius 3 is 2.92 bits per heavy atom. The zero-order valence-corrected chi connectivity index (χ0v) is 8.98. The highest BCUT2D eigenvalue weighted by Crippen LogP contribution is 2.31. The Morgan fingerprint density at radius 2 is 2.50 bits per heavy atom. The fourth-order valence-corrected chi connectivity index (χ4v) is 2.41. The molecule has 1 aromatic rings.